The van der Waals surface area contributed by atoms with Crippen LogP contribution in [0.15, 0.2) is 23.7 Å². The number of halogens is 1. The van der Waals surface area contributed by atoms with Gasteiger partial charge in [-0.3, -0.25) is 0 Å². The zero-order chi connectivity index (χ0) is 10.7. The fourth-order valence-electron chi connectivity index (χ4n) is 1.24. The lowest BCUT2D eigenvalue weighted by Crippen LogP contribution is -1.99. The van der Waals surface area contributed by atoms with Crippen LogP contribution in [-0.2, 0) is 6.54 Å². The van der Waals surface area contributed by atoms with Crippen molar-refractivity contribution in [2.45, 2.75) is 13.5 Å². The average molecular weight is 240 g/mol. The van der Waals surface area contributed by atoms with Crippen LogP contribution < -0.4 is 5.32 Å². The van der Waals surface area contributed by atoms with E-state index in [0.717, 1.165) is 22.3 Å². The zero-order valence-electron chi connectivity index (χ0n) is 8.20. The molecule has 1 aromatic carbocycles. The van der Waals surface area contributed by atoms with Crippen LogP contribution >= 0.6 is 22.9 Å². The highest BCUT2D eigenvalue weighted by Crippen LogP contribution is 2.17. The molecule has 0 aliphatic carbocycles. The molecule has 1 N–H and O–H groups in total. The summed E-state index contributed by atoms with van der Waals surface area (Å²) in [5.74, 6) is 0. The van der Waals surface area contributed by atoms with Gasteiger partial charge in [0.1, 0.15) is 5.51 Å². The van der Waals surface area contributed by atoms with E-state index in [1.807, 2.05) is 19.1 Å². The first-order valence-corrected chi connectivity index (χ1v) is 5.76. The van der Waals surface area contributed by atoms with Crippen LogP contribution in [0.25, 0.3) is 0 Å². The van der Waals surface area contributed by atoms with Crippen molar-refractivity contribution in [3.63, 3.8) is 0 Å². The Bertz CT molecular complexity index is 442. The third-order valence-electron chi connectivity index (χ3n) is 2.03. The quantitative estimate of drug-likeness (QED) is 0.895. The lowest BCUT2D eigenvalue weighted by Gasteiger charge is -2.04. The number of rotatable bonds is 3. The molecule has 1 aromatic heterocycles. The highest BCUT2D eigenvalue weighted by Gasteiger charge is 1.99. The molecule has 2 aromatic rings. The van der Waals surface area contributed by atoms with Crippen molar-refractivity contribution in [2.75, 3.05) is 5.32 Å². The number of nitrogens with zero attached hydrogens (tertiary/aromatic N) is 2. The van der Waals surface area contributed by atoms with Crippen LogP contribution in [0.5, 0.6) is 0 Å². The fourth-order valence-corrected chi connectivity index (χ4v) is 1.81. The molecule has 5 heteroatoms. The van der Waals surface area contributed by atoms with Gasteiger partial charge in [-0.05, 0) is 24.1 Å². The van der Waals surface area contributed by atoms with E-state index < -0.39 is 0 Å². The lowest BCUT2D eigenvalue weighted by atomic mass is 10.1. The smallest absolute Gasteiger partial charge is 0.205 e. The lowest BCUT2D eigenvalue weighted by molar-refractivity contribution is 1.05. The Morgan fingerprint density at radius 2 is 2.33 bits per heavy atom. The second kappa shape index (κ2) is 4.59. The van der Waals surface area contributed by atoms with Crippen molar-refractivity contribution in [3.8, 4) is 0 Å². The minimum absolute atomic E-state index is 0.743. The molecule has 2 rings (SSSR count). The van der Waals surface area contributed by atoms with Crippen LogP contribution in [0, 0.1) is 6.92 Å². The van der Waals surface area contributed by atoms with E-state index in [-0.39, 0.29) is 0 Å². The Morgan fingerprint density at radius 1 is 1.47 bits per heavy atom. The monoisotopic (exact) mass is 239 g/mol. The Kier molecular flexibility index (Phi) is 3.18. The maximum absolute atomic E-state index is 5.94. The summed E-state index contributed by atoms with van der Waals surface area (Å²) in [4.78, 5) is 0. The molecule has 0 fully saturated rings. The Labute approximate surface area is 97.1 Å². The van der Waals surface area contributed by atoms with Crippen LogP contribution in [0.1, 0.15) is 11.1 Å². The molecule has 0 bridgehead atoms. The van der Waals surface area contributed by atoms with Crippen LogP contribution in [0.2, 0.25) is 5.02 Å². The molecule has 0 spiro atoms. The van der Waals surface area contributed by atoms with Gasteiger partial charge in [-0.2, -0.15) is 0 Å². The maximum atomic E-state index is 5.94. The predicted molar refractivity (Wildman–Crippen MR) is 63.4 cm³/mol. The molecule has 0 radical (unpaired) electrons. The molecule has 1 heterocycles. The van der Waals surface area contributed by atoms with Crippen LogP contribution in [0.3, 0.4) is 0 Å². The third-order valence-corrected chi connectivity index (χ3v) is 3.10. The summed E-state index contributed by atoms with van der Waals surface area (Å²) >= 11 is 7.43. The van der Waals surface area contributed by atoms with E-state index in [2.05, 4.69) is 21.6 Å². The fraction of sp³-hybridized carbons (Fsp3) is 0.200. The van der Waals surface area contributed by atoms with Gasteiger partial charge in [-0.15, -0.1) is 10.2 Å². The van der Waals surface area contributed by atoms with Gasteiger partial charge in [0.05, 0.1) is 0 Å². The molecule has 3 nitrogen and oxygen atoms in total. The first-order chi connectivity index (χ1) is 7.25. The number of benzene rings is 1. The van der Waals surface area contributed by atoms with Gasteiger partial charge in [0.15, 0.2) is 0 Å². The van der Waals surface area contributed by atoms with Crippen molar-refractivity contribution in [3.05, 3.63) is 39.9 Å². The van der Waals surface area contributed by atoms with Gasteiger partial charge in [0.25, 0.3) is 0 Å². The SMILES string of the molecule is Cc1cc(CNc2nncs2)ccc1Cl. The molecule has 0 aliphatic rings. The van der Waals surface area contributed by atoms with E-state index in [0.29, 0.717) is 0 Å². The number of aryl methyl sites for hydroxylation is 1. The Hall–Kier alpha value is -1.13. The first-order valence-electron chi connectivity index (χ1n) is 4.51. The molecule has 0 aliphatic heterocycles. The highest BCUT2D eigenvalue weighted by atomic mass is 35.5. The number of nitrogens with one attached hydrogen (secondary N) is 1. The van der Waals surface area contributed by atoms with Crippen LogP contribution in [0.4, 0.5) is 5.13 Å². The Balaban J connectivity index is 2.02. The predicted octanol–water partition coefficient (Wildman–Crippen LogP) is 3.11. The van der Waals surface area contributed by atoms with E-state index in [9.17, 15) is 0 Å². The second-order valence-electron chi connectivity index (χ2n) is 3.18. The second-order valence-corrected chi connectivity index (χ2v) is 4.42. The normalized spacial score (nSPS) is 10.3. The van der Waals surface area contributed by atoms with Gasteiger partial charge in [-0.1, -0.05) is 35.1 Å². The summed E-state index contributed by atoms with van der Waals surface area (Å²) in [6.45, 7) is 2.74. The van der Waals surface area contributed by atoms with Crippen molar-refractivity contribution in [1.29, 1.82) is 0 Å². The molecule has 0 saturated heterocycles. The standard InChI is InChI=1S/C10H10ClN3S/c1-7-4-8(2-3-9(7)11)5-12-10-14-13-6-15-10/h2-4,6H,5H2,1H3,(H,12,14). The van der Waals surface area contributed by atoms with E-state index in [1.165, 1.54) is 16.9 Å². The molecule has 0 unspecified atom stereocenters. The topological polar surface area (TPSA) is 37.8 Å². The van der Waals surface area contributed by atoms with Gasteiger partial charge in [-0.25, -0.2) is 0 Å². The van der Waals surface area contributed by atoms with Crippen molar-refractivity contribution in [1.82, 2.24) is 10.2 Å². The number of aromatic nitrogens is 2. The van der Waals surface area contributed by atoms with Crippen LogP contribution in [-0.4, -0.2) is 10.2 Å². The molecular weight excluding hydrogens is 230 g/mol. The van der Waals surface area contributed by atoms with E-state index in [1.54, 1.807) is 5.51 Å². The van der Waals surface area contributed by atoms with Gasteiger partial charge in [0, 0.05) is 11.6 Å². The van der Waals surface area contributed by atoms with Crippen molar-refractivity contribution < 1.29 is 0 Å². The number of anilines is 1. The summed E-state index contributed by atoms with van der Waals surface area (Å²) in [5, 5.41) is 12.5. The third kappa shape index (κ3) is 2.67. The van der Waals surface area contributed by atoms with E-state index in [4.69, 9.17) is 11.6 Å². The molecule has 78 valence electrons. The maximum Gasteiger partial charge on any atom is 0.205 e. The number of hydrogen-bond acceptors (Lipinski definition) is 4. The van der Waals surface area contributed by atoms with Gasteiger partial charge < -0.3 is 5.32 Å². The van der Waals surface area contributed by atoms with Gasteiger partial charge in [0.2, 0.25) is 5.13 Å². The molecule has 0 saturated carbocycles. The Morgan fingerprint density at radius 3 is 3.00 bits per heavy atom. The summed E-state index contributed by atoms with van der Waals surface area (Å²) in [5.41, 5.74) is 3.98. The van der Waals surface area contributed by atoms with Crippen molar-refractivity contribution >= 4 is 28.1 Å². The zero-order valence-corrected chi connectivity index (χ0v) is 9.77. The average Bonchev–Trinajstić information content (AvgIpc) is 2.73. The molecule has 0 atom stereocenters. The minimum atomic E-state index is 0.743. The molecule has 0 amide bonds. The van der Waals surface area contributed by atoms with E-state index >= 15 is 0 Å². The molecular formula is C10H10ClN3S. The largest absolute Gasteiger partial charge is 0.356 e. The summed E-state index contributed by atoms with van der Waals surface area (Å²) < 4.78 is 0. The van der Waals surface area contributed by atoms with Crippen molar-refractivity contribution in [2.24, 2.45) is 0 Å². The summed E-state index contributed by atoms with van der Waals surface area (Å²) in [7, 11) is 0. The number of hydrogen-bond donors (Lipinski definition) is 1. The minimum Gasteiger partial charge on any atom is -0.356 e. The first kappa shape index (κ1) is 10.4. The molecule has 15 heavy (non-hydrogen) atoms. The van der Waals surface area contributed by atoms with Gasteiger partial charge >= 0.3 is 0 Å². The summed E-state index contributed by atoms with van der Waals surface area (Å²) in [6, 6.07) is 5.98. The summed E-state index contributed by atoms with van der Waals surface area (Å²) in [6.07, 6.45) is 0. The highest BCUT2D eigenvalue weighted by molar-refractivity contribution is 7.13.